The second-order valence-corrected chi connectivity index (χ2v) is 10.9. The van der Waals surface area contributed by atoms with Gasteiger partial charge in [-0.15, -0.1) is 11.3 Å². The first-order chi connectivity index (χ1) is 17.9. The molecule has 0 unspecified atom stereocenters. The molecule has 184 valence electrons. The summed E-state index contributed by atoms with van der Waals surface area (Å²) in [7, 11) is 0. The van der Waals surface area contributed by atoms with E-state index in [9.17, 15) is 0 Å². The van der Waals surface area contributed by atoms with Crippen LogP contribution in [0, 0.1) is 12.8 Å². The van der Waals surface area contributed by atoms with Crippen molar-refractivity contribution in [2.24, 2.45) is 5.92 Å². The van der Waals surface area contributed by atoms with Gasteiger partial charge in [0.25, 0.3) is 0 Å². The third-order valence-corrected chi connectivity index (χ3v) is 7.19. The highest BCUT2D eigenvalue weighted by Crippen LogP contribution is 2.35. The van der Waals surface area contributed by atoms with Gasteiger partial charge in [-0.25, -0.2) is 9.97 Å². The van der Waals surface area contributed by atoms with Crippen LogP contribution in [0.2, 0.25) is 0 Å². The number of benzene rings is 1. The van der Waals surface area contributed by atoms with E-state index in [4.69, 9.17) is 9.97 Å². The van der Waals surface area contributed by atoms with E-state index in [0.29, 0.717) is 17.4 Å². The Bertz CT molecular complexity index is 1750. The average Bonchev–Trinajstić information content (AvgIpc) is 3.60. The lowest BCUT2D eigenvalue weighted by Gasteiger charge is -2.12. The van der Waals surface area contributed by atoms with Gasteiger partial charge in [0.2, 0.25) is 0 Å². The van der Waals surface area contributed by atoms with E-state index in [2.05, 4.69) is 77.1 Å². The monoisotopic (exact) mass is 505 g/mol. The first-order valence-electron chi connectivity index (χ1n) is 12.3. The number of H-pyrrole nitrogens is 2. The predicted octanol–water partition coefficient (Wildman–Crippen LogP) is 7.57. The van der Waals surface area contributed by atoms with Crippen LogP contribution in [-0.2, 0) is 0 Å². The number of nitrogens with one attached hydrogen (secondary N) is 3. The van der Waals surface area contributed by atoms with Gasteiger partial charge in [-0.3, -0.25) is 10.1 Å². The van der Waals surface area contributed by atoms with Gasteiger partial charge in [-0.1, -0.05) is 32.6 Å². The summed E-state index contributed by atoms with van der Waals surface area (Å²) >= 11 is 1.77. The number of nitrogens with zero attached hydrogens (tertiary/aromatic N) is 4. The molecule has 8 heteroatoms. The van der Waals surface area contributed by atoms with E-state index in [1.165, 1.54) is 9.75 Å². The molecule has 0 aliphatic rings. The second kappa shape index (κ2) is 9.29. The topological polar surface area (TPSA) is 95.2 Å². The van der Waals surface area contributed by atoms with Crippen molar-refractivity contribution >= 4 is 39.1 Å². The van der Waals surface area contributed by atoms with E-state index in [-0.39, 0.29) is 0 Å². The van der Waals surface area contributed by atoms with Crippen LogP contribution in [0.3, 0.4) is 0 Å². The Labute approximate surface area is 218 Å². The zero-order chi connectivity index (χ0) is 25.5. The van der Waals surface area contributed by atoms with Crippen LogP contribution in [0.25, 0.3) is 55.3 Å². The molecule has 6 aromatic rings. The molecule has 5 aromatic heterocycles. The molecule has 7 nitrogen and oxygen atoms in total. The van der Waals surface area contributed by atoms with E-state index < -0.39 is 0 Å². The number of fused-ring (bicyclic) bond motifs is 2. The standard InChI is InChI=1S/C29H27N7S/c1-16(2)12-17(3)31-20-13-19(14-30-15-20)22-9-10-24-27(32-22)28(36-35-24)29-33-23-7-5-6-21(26(23)34-29)25-11-8-18(4)37-25/h5-11,13-16,31H,3,12H2,1-2,4H3,(H,33,34)(H,35,36). The SMILES string of the molecule is C=C(CC(C)C)Nc1cncc(-c2ccc3[nH]nc(-c4nc5c(-c6ccc(C)s6)cccc5[nH]4)c3n2)c1. The zero-order valence-corrected chi connectivity index (χ0v) is 21.8. The Morgan fingerprint density at radius 2 is 1.92 bits per heavy atom. The maximum atomic E-state index is 4.96. The van der Waals surface area contributed by atoms with Crippen molar-refractivity contribution in [2.45, 2.75) is 27.2 Å². The van der Waals surface area contributed by atoms with Gasteiger partial charge in [0, 0.05) is 32.8 Å². The number of anilines is 1. The Morgan fingerprint density at radius 3 is 2.73 bits per heavy atom. The first kappa shape index (κ1) is 23.1. The van der Waals surface area contributed by atoms with Crippen molar-refractivity contribution in [1.82, 2.24) is 30.1 Å². The fourth-order valence-corrected chi connectivity index (χ4v) is 5.44. The number of imidazole rings is 1. The molecule has 0 fully saturated rings. The summed E-state index contributed by atoms with van der Waals surface area (Å²) in [5, 5.41) is 11.0. The Kier molecular flexibility index (Phi) is 5.81. The van der Waals surface area contributed by atoms with Crippen LogP contribution in [0.5, 0.6) is 0 Å². The van der Waals surface area contributed by atoms with Gasteiger partial charge in [-0.2, -0.15) is 5.10 Å². The number of aryl methyl sites for hydroxylation is 1. The minimum Gasteiger partial charge on any atom is -0.358 e. The molecule has 0 atom stereocenters. The van der Waals surface area contributed by atoms with Crippen LogP contribution in [0.1, 0.15) is 25.1 Å². The van der Waals surface area contributed by atoms with Crippen molar-refractivity contribution < 1.29 is 0 Å². The summed E-state index contributed by atoms with van der Waals surface area (Å²) in [6.45, 7) is 10.6. The number of allylic oxidation sites excluding steroid dienone is 1. The molecule has 0 aliphatic carbocycles. The molecule has 0 radical (unpaired) electrons. The van der Waals surface area contributed by atoms with E-state index >= 15 is 0 Å². The predicted molar refractivity (Wildman–Crippen MR) is 152 cm³/mol. The van der Waals surface area contributed by atoms with E-state index in [1.807, 2.05) is 30.5 Å². The summed E-state index contributed by atoms with van der Waals surface area (Å²) in [6, 6.07) is 16.5. The number of aromatic nitrogens is 6. The maximum absolute atomic E-state index is 4.96. The quantitative estimate of drug-likeness (QED) is 0.208. The van der Waals surface area contributed by atoms with Crippen LogP contribution < -0.4 is 5.32 Å². The molecular formula is C29H27N7S. The highest BCUT2D eigenvalue weighted by atomic mass is 32.1. The summed E-state index contributed by atoms with van der Waals surface area (Å²) in [4.78, 5) is 20.3. The van der Waals surface area contributed by atoms with Crippen molar-refractivity contribution in [3.8, 4) is 33.2 Å². The lowest BCUT2D eigenvalue weighted by atomic mass is 10.1. The fraction of sp³-hybridized carbons (Fsp3) is 0.172. The summed E-state index contributed by atoms with van der Waals surface area (Å²) in [6.07, 6.45) is 4.52. The largest absolute Gasteiger partial charge is 0.358 e. The molecule has 3 N–H and O–H groups in total. The Morgan fingerprint density at radius 1 is 1.03 bits per heavy atom. The third-order valence-electron chi connectivity index (χ3n) is 6.16. The highest BCUT2D eigenvalue weighted by molar-refractivity contribution is 7.15. The maximum Gasteiger partial charge on any atom is 0.161 e. The third kappa shape index (κ3) is 4.51. The van der Waals surface area contributed by atoms with Crippen molar-refractivity contribution in [1.29, 1.82) is 0 Å². The van der Waals surface area contributed by atoms with Crippen molar-refractivity contribution in [2.75, 3.05) is 5.32 Å². The molecule has 0 saturated heterocycles. The summed E-state index contributed by atoms with van der Waals surface area (Å²) in [5.74, 6) is 1.22. The molecule has 6 rings (SSSR count). The molecule has 5 heterocycles. The molecular weight excluding hydrogens is 478 g/mol. The smallest absolute Gasteiger partial charge is 0.161 e. The molecule has 1 aromatic carbocycles. The summed E-state index contributed by atoms with van der Waals surface area (Å²) in [5.41, 5.74) is 8.89. The number of pyridine rings is 2. The number of para-hydroxylation sites is 1. The minimum absolute atomic E-state index is 0.531. The lowest BCUT2D eigenvalue weighted by Crippen LogP contribution is -2.02. The van der Waals surface area contributed by atoms with Gasteiger partial charge >= 0.3 is 0 Å². The normalized spacial score (nSPS) is 11.6. The highest BCUT2D eigenvalue weighted by Gasteiger charge is 2.17. The molecule has 0 bridgehead atoms. The van der Waals surface area contributed by atoms with Crippen molar-refractivity contribution in [3.63, 3.8) is 0 Å². The van der Waals surface area contributed by atoms with Gasteiger partial charge in [0.15, 0.2) is 11.5 Å². The molecule has 37 heavy (non-hydrogen) atoms. The van der Waals surface area contributed by atoms with Crippen molar-refractivity contribution in [3.05, 3.63) is 78.1 Å². The fourth-order valence-electron chi connectivity index (χ4n) is 4.54. The molecule has 0 aliphatic heterocycles. The number of hydrogen-bond acceptors (Lipinski definition) is 6. The van der Waals surface area contributed by atoms with E-state index in [1.54, 1.807) is 17.5 Å². The molecule has 0 amide bonds. The number of aromatic amines is 2. The van der Waals surface area contributed by atoms with Crippen LogP contribution in [0.15, 0.2) is 73.2 Å². The van der Waals surface area contributed by atoms with Gasteiger partial charge in [0.05, 0.1) is 34.1 Å². The first-order valence-corrected chi connectivity index (χ1v) is 13.1. The minimum atomic E-state index is 0.531. The Balaban J connectivity index is 1.38. The van der Waals surface area contributed by atoms with E-state index in [0.717, 1.165) is 56.7 Å². The zero-order valence-electron chi connectivity index (χ0n) is 21.0. The lowest BCUT2D eigenvalue weighted by molar-refractivity contribution is 0.645. The van der Waals surface area contributed by atoms with Crippen LogP contribution in [-0.4, -0.2) is 30.1 Å². The van der Waals surface area contributed by atoms with Crippen LogP contribution in [0.4, 0.5) is 5.69 Å². The van der Waals surface area contributed by atoms with Crippen LogP contribution >= 0.6 is 11.3 Å². The summed E-state index contributed by atoms with van der Waals surface area (Å²) < 4.78 is 0. The Hall–Kier alpha value is -4.30. The van der Waals surface area contributed by atoms with Gasteiger partial charge in [0.1, 0.15) is 5.52 Å². The second-order valence-electron chi connectivity index (χ2n) is 9.65. The molecule has 0 saturated carbocycles. The number of thiophene rings is 1. The van der Waals surface area contributed by atoms with Gasteiger partial charge in [-0.05, 0) is 55.7 Å². The molecule has 0 spiro atoms. The number of hydrogen-bond donors (Lipinski definition) is 3. The van der Waals surface area contributed by atoms with Gasteiger partial charge < -0.3 is 10.3 Å². The number of rotatable bonds is 7. The average molecular weight is 506 g/mol.